The van der Waals surface area contributed by atoms with Crippen molar-refractivity contribution in [1.29, 1.82) is 0 Å². The molecule has 0 atom stereocenters. The van der Waals surface area contributed by atoms with E-state index in [9.17, 15) is 0 Å². The molecule has 11 nitrogen and oxygen atoms in total. The van der Waals surface area contributed by atoms with Crippen LogP contribution in [0.1, 0.15) is 5.69 Å². The second kappa shape index (κ2) is 9.90. The second-order valence-corrected chi connectivity index (χ2v) is 6.72. The van der Waals surface area contributed by atoms with Gasteiger partial charge in [0.05, 0.1) is 31.1 Å². The number of rotatable bonds is 9. The standard InChI is InChI=1S/C21H22N8O3/c1-29(16-6-4-3-5-7-16)21-26-17(25-20(22)27-21)18-24-19(32-28-18)14-8-9-15(23-12-14)13-31-11-10-30-2/h3-9,12H,10-11,13H2,1-2H3,(H2,22,25,26,27). The number of aromatic nitrogens is 6. The molecule has 0 unspecified atom stereocenters. The van der Waals surface area contributed by atoms with Gasteiger partial charge in [-0.2, -0.15) is 19.9 Å². The zero-order valence-corrected chi connectivity index (χ0v) is 17.7. The summed E-state index contributed by atoms with van der Waals surface area (Å²) in [4.78, 5) is 23.3. The van der Waals surface area contributed by atoms with Gasteiger partial charge in [-0.1, -0.05) is 23.4 Å². The molecule has 0 aliphatic rings. The molecule has 2 N–H and O–H groups in total. The highest BCUT2D eigenvalue weighted by Crippen LogP contribution is 2.24. The van der Waals surface area contributed by atoms with Crippen LogP contribution in [0.15, 0.2) is 53.2 Å². The van der Waals surface area contributed by atoms with Gasteiger partial charge in [-0.05, 0) is 24.3 Å². The van der Waals surface area contributed by atoms with E-state index in [4.69, 9.17) is 19.7 Å². The Morgan fingerprint density at radius 3 is 2.56 bits per heavy atom. The Kier molecular flexibility index (Phi) is 6.58. The normalized spacial score (nSPS) is 10.9. The number of nitrogen functional groups attached to an aromatic ring is 1. The molecule has 164 valence electrons. The molecule has 0 amide bonds. The van der Waals surface area contributed by atoms with Crippen molar-refractivity contribution >= 4 is 17.6 Å². The maximum absolute atomic E-state index is 5.90. The molecular weight excluding hydrogens is 412 g/mol. The van der Waals surface area contributed by atoms with E-state index in [1.165, 1.54) is 0 Å². The summed E-state index contributed by atoms with van der Waals surface area (Å²) in [6.45, 7) is 1.43. The first-order valence-corrected chi connectivity index (χ1v) is 9.80. The molecule has 0 aliphatic carbocycles. The third kappa shape index (κ3) is 5.02. The first kappa shape index (κ1) is 21.3. The van der Waals surface area contributed by atoms with Crippen LogP contribution in [0.3, 0.4) is 0 Å². The second-order valence-electron chi connectivity index (χ2n) is 6.72. The summed E-state index contributed by atoms with van der Waals surface area (Å²) in [5.74, 6) is 1.12. The van der Waals surface area contributed by atoms with Gasteiger partial charge in [0, 0.05) is 26.0 Å². The van der Waals surface area contributed by atoms with Gasteiger partial charge < -0.3 is 24.6 Å². The van der Waals surface area contributed by atoms with Crippen molar-refractivity contribution in [2.75, 3.05) is 38.0 Å². The molecule has 4 aromatic rings. The Balaban J connectivity index is 1.52. The van der Waals surface area contributed by atoms with Crippen molar-refractivity contribution < 1.29 is 14.0 Å². The average molecular weight is 434 g/mol. The highest BCUT2D eigenvalue weighted by molar-refractivity contribution is 5.60. The van der Waals surface area contributed by atoms with Crippen LogP contribution in [0.5, 0.6) is 0 Å². The minimum Gasteiger partial charge on any atom is -0.382 e. The van der Waals surface area contributed by atoms with E-state index in [1.54, 1.807) is 18.2 Å². The number of nitrogens with zero attached hydrogens (tertiary/aromatic N) is 7. The number of anilines is 3. The van der Waals surface area contributed by atoms with Gasteiger partial charge in [0.15, 0.2) is 0 Å². The van der Waals surface area contributed by atoms with Gasteiger partial charge in [0.1, 0.15) is 0 Å². The topological polar surface area (TPSA) is 138 Å². The quantitative estimate of drug-likeness (QED) is 0.389. The fourth-order valence-corrected chi connectivity index (χ4v) is 2.78. The molecule has 0 saturated carbocycles. The molecule has 32 heavy (non-hydrogen) atoms. The number of methoxy groups -OCH3 is 1. The van der Waals surface area contributed by atoms with E-state index < -0.39 is 0 Å². The fourth-order valence-electron chi connectivity index (χ4n) is 2.78. The Morgan fingerprint density at radius 1 is 0.969 bits per heavy atom. The van der Waals surface area contributed by atoms with Crippen LogP contribution in [-0.2, 0) is 16.1 Å². The number of benzene rings is 1. The number of pyridine rings is 1. The first-order chi connectivity index (χ1) is 15.6. The van der Waals surface area contributed by atoms with Crippen LogP contribution in [0.4, 0.5) is 17.6 Å². The highest BCUT2D eigenvalue weighted by atomic mass is 16.5. The Hall–Kier alpha value is -3.96. The van der Waals surface area contributed by atoms with E-state index in [-0.39, 0.29) is 23.5 Å². The van der Waals surface area contributed by atoms with Crippen molar-refractivity contribution in [2.45, 2.75) is 6.61 Å². The van der Waals surface area contributed by atoms with E-state index in [2.05, 4.69) is 30.1 Å². The highest BCUT2D eigenvalue weighted by Gasteiger charge is 2.17. The van der Waals surface area contributed by atoms with Gasteiger partial charge in [0.25, 0.3) is 5.89 Å². The van der Waals surface area contributed by atoms with Crippen LogP contribution < -0.4 is 10.6 Å². The third-order valence-corrected chi connectivity index (χ3v) is 4.46. The predicted octanol–water partition coefficient (Wildman–Crippen LogP) is 2.50. The lowest BCUT2D eigenvalue weighted by molar-refractivity contribution is 0.0602. The van der Waals surface area contributed by atoms with Gasteiger partial charge in [-0.25, -0.2) is 0 Å². The molecule has 0 aliphatic heterocycles. The zero-order chi connectivity index (χ0) is 22.3. The van der Waals surface area contributed by atoms with Crippen molar-refractivity contribution in [3.8, 4) is 23.1 Å². The lowest BCUT2D eigenvalue weighted by atomic mass is 10.2. The summed E-state index contributed by atoms with van der Waals surface area (Å²) in [5, 5.41) is 3.99. The number of para-hydroxylation sites is 1. The summed E-state index contributed by atoms with van der Waals surface area (Å²) >= 11 is 0. The Morgan fingerprint density at radius 2 is 1.81 bits per heavy atom. The van der Waals surface area contributed by atoms with E-state index in [0.29, 0.717) is 31.3 Å². The molecule has 3 heterocycles. The predicted molar refractivity (Wildman–Crippen MR) is 117 cm³/mol. The molecule has 0 spiro atoms. The van der Waals surface area contributed by atoms with Crippen molar-refractivity contribution in [3.63, 3.8) is 0 Å². The molecular formula is C21H22N8O3. The van der Waals surface area contributed by atoms with Crippen LogP contribution in [0.2, 0.25) is 0 Å². The van der Waals surface area contributed by atoms with Crippen LogP contribution >= 0.6 is 0 Å². The molecule has 0 radical (unpaired) electrons. The molecule has 4 rings (SSSR count). The van der Waals surface area contributed by atoms with Crippen molar-refractivity contribution in [2.24, 2.45) is 0 Å². The third-order valence-electron chi connectivity index (χ3n) is 4.46. The summed E-state index contributed by atoms with van der Waals surface area (Å²) in [5.41, 5.74) is 8.24. The number of ether oxygens (including phenoxy) is 2. The largest absolute Gasteiger partial charge is 0.382 e. The SMILES string of the molecule is COCCOCc1ccc(-c2nc(-c3nc(N)nc(N(C)c4ccccc4)n3)no2)cn1. The van der Waals surface area contributed by atoms with Crippen molar-refractivity contribution in [1.82, 2.24) is 30.1 Å². The molecule has 0 saturated heterocycles. The molecule has 0 bridgehead atoms. The lowest BCUT2D eigenvalue weighted by Gasteiger charge is -2.17. The first-order valence-electron chi connectivity index (χ1n) is 9.80. The molecule has 3 aromatic heterocycles. The average Bonchev–Trinajstić information content (AvgIpc) is 3.32. The maximum Gasteiger partial charge on any atom is 0.259 e. The minimum absolute atomic E-state index is 0.0543. The van der Waals surface area contributed by atoms with Gasteiger partial charge in [-0.3, -0.25) is 4.98 Å². The van der Waals surface area contributed by atoms with Gasteiger partial charge in [0.2, 0.25) is 23.5 Å². The number of nitrogens with two attached hydrogens (primary N) is 1. The number of hydrogen-bond acceptors (Lipinski definition) is 11. The molecule has 11 heteroatoms. The lowest BCUT2D eigenvalue weighted by Crippen LogP contribution is -2.15. The van der Waals surface area contributed by atoms with Crippen molar-refractivity contribution in [3.05, 3.63) is 54.4 Å². The summed E-state index contributed by atoms with van der Waals surface area (Å²) in [7, 11) is 3.46. The van der Waals surface area contributed by atoms with Crippen LogP contribution in [0, 0.1) is 0 Å². The van der Waals surface area contributed by atoms with Crippen LogP contribution in [0.25, 0.3) is 23.1 Å². The summed E-state index contributed by atoms with van der Waals surface area (Å²) in [6, 6.07) is 13.3. The summed E-state index contributed by atoms with van der Waals surface area (Å²) < 4.78 is 15.8. The van der Waals surface area contributed by atoms with Gasteiger partial charge >= 0.3 is 0 Å². The monoisotopic (exact) mass is 434 g/mol. The molecule has 1 aromatic carbocycles. The maximum atomic E-state index is 5.90. The number of hydrogen-bond donors (Lipinski definition) is 1. The van der Waals surface area contributed by atoms with E-state index in [1.807, 2.05) is 49.5 Å². The zero-order valence-electron chi connectivity index (χ0n) is 17.7. The van der Waals surface area contributed by atoms with Gasteiger partial charge in [-0.15, -0.1) is 0 Å². The van der Waals surface area contributed by atoms with E-state index >= 15 is 0 Å². The summed E-state index contributed by atoms with van der Waals surface area (Å²) in [6.07, 6.45) is 1.64. The Bertz CT molecular complexity index is 1150. The van der Waals surface area contributed by atoms with Crippen LogP contribution in [-0.4, -0.2) is 57.4 Å². The van der Waals surface area contributed by atoms with E-state index in [0.717, 1.165) is 11.4 Å². The Labute approximate surface area is 184 Å². The fraction of sp³-hybridized carbons (Fsp3) is 0.238. The smallest absolute Gasteiger partial charge is 0.259 e. The molecule has 0 fully saturated rings. The minimum atomic E-state index is 0.0543.